The van der Waals surface area contributed by atoms with Gasteiger partial charge in [-0.2, -0.15) is 0 Å². The molecule has 0 fully saturated rings. The summed E-state index contributed by atoms with van der Waals surface area (Å²) in [5.41, 5.74) is 7.64. The molecule has 5 N–H and O–H groups in total. The van der Waals surface area contributed by atoms with E-state index in [1.807, 2.05) is 13.8 Å². The van der Waals surface area contributed by atoms with Crippen molar-refractivity contribution >= 4 is 28.3 Å². The zero-order chi connectivity index (χ0) is 18.4. The molecule has 0 saturated heterocycles. The van der Waals surface area contributed by atoms with Gasteiger partial charge in [-0.25, -0.2) is 4.39 Å². The maximum absolute atomic E-state index is 13.6. The van der Waals surface area contributed by atoms with Gasteiger partial charge < -0.3 is 21.4 Å². The second kappa shape index (κ2) is 8.43. The van der Waals surface area contributed by atoms with Gasteiger partial charge in [0.15, 0.2) is 0 Å². The van der Waals surface area contributed by atoms with Gasteiger partial charge in [0, 0.05) is 36.1 Å². The molecule has 1 aromatic heterocycles. The van der Waals surface area contributed by atoms with Crippen molar-refractivity contribution in [1.29, 1.82) is 0 Å². The zero-order valence-electron chi connectivity index (χ0n) is 14.4. The van der Waals surface area contributed by atoms with Gasteiger partial charge in [0.2, 0.25) is 5.91 Å². The van der Waals surface area contributed by atoms with Crippen molar-refractivity contribution in [3.8, 4) is 0 Å². The molecule has 6 nitrogen and oxygen atoms in total. The van der Waals surface area contributed by atoms with E-state index in [-0.39, 0.29) is 18.2 Å². The fourth-order valence-electron chi connectivity index (χ4n) is 2.73. The number of aromatic amines is 1. The first-order valence-corrected chi connectivity index (χ1v) is 8.35. The van der Waals surface area contributed by atoms with Crippen LogP contribution in [0.2, 0.25) is 0 Å². The minimum Gasteiger partial charge on any atom is -0.355 e. The van der Waals surface area contributed by atoms with Crippen LogP contribution in [0, 0.1) is 5.82 Å². The van der Waals surface area contributed by atoms with Crippen LogP contribution < -0.4 is 16.4 Å². The molecule has 25 heavy (non-hydrogen) atoms. The molecule has 3 rings (SSSR count). The molecular weight excluding hydrogens is 323 g/mol. The van der Waals surface area contributed by atoms with Crippen LogP contribution in [0.1, 0.15) is 36.3 Å². The summed E-state index contributed by atoms with van der Waals surface area (Å²) in [6.07, 6.45) is 1.88. The highest BCUT2D eigenvalue weighted by atomic mass is 19.1. The summed E-state index contributed by atoms with van der Waals surface area (Å²) in [7, 11) is 0. The minimum atomic E-state index is -0.393. The van der Waals surface area contributed by atoms with E-state index < -0.39 is 5.82 Å². The number of hydrogen-bond acceptors (Lipinski definition) is 3. The summed E-state index contributed by atoms with van der Waals surface area (Å²) >= 11 is 0. The summed E-state index contributed by atoms with van der Waals surface area (Å²) in [6.45, 7) is 5.06. The lowest BCUT2D eigenvalue weighted by Crippen LogP contribution is -2.29. The van der Waals surface area contributed by atoms with Gasteiger partial charge in [-0.1, -0.05) is 19.9 Å². The molecule has 2 heterocycles. The van der Waals surface area contributed by atoms with E-state index >= 15 is 0 Å². The molecule has 1 aromatic carbocycles. The molecule has 0 unspecified atom stereocenters. The van der Waals surface area contributed by atoms with Crippen LogP contribution in [-0.2, 0) is 4.79 Å². The van der Waals surface area contributed by atoms with Gasteiger partial charge in [-0.3, -0.25) is 9.59 Å². The first-order valence-electron chi connectivity index (χ1n) is 8.35. The Morgan fingerprint density at radius 2 is 2.12 bits per heavy atom. The molecule has 1 aliphatic rings. The van der Waals surface area contributed by atoms with E-state index in [9.17, 15) is 14.0 Å². The molecule has 0 saturated carbocycles. The van der Waals surface area contributed by atoms with Crippen molar-refractivity contribution < 1.29 is 14.0 Å². The SMILES string of the molecule is CC.NCCNC(=O)CC1=CCNC(=O)c2[nH]c3ccc(F)cc3c21. The quantitative estimate of drug-likeness (QED) is 0.680. The van der Waals surface area contributed by atoms with Crippen LogP contribution in [0.15, 0.2) is 24.3 Å². The summed E-state index contributed by atoms with van der Waals surface area (Å²) in [5, 5.41) is 6.02. The monoisotopic (exact) mass is 346 g/mol. The number of nitrogens with one attached hydrogen (secondary N) is 3. The Bertz CT molecular complexity index is 811. The third-order valence-electron chi connectivity index (χ3n) is 3.74. The molecule has 1 aliphatic heterocycles. The molecule has 134 valence electrons. The van der Waals surface area contributed by atoms with Crippen LogP contribution in [0.25, 0.3) is 16.5 Å². The Hall–Kier alpha value is -2.67. The number of aromatic nitrogens is 1. The zero-order valence-corrected chi connectivity index (χ0v) is 14.4. The number of nitrogens with two attached hydrogens (primary N) is 1. The van der Waals surface area contributed by atoms with E-state index in [2.05, 4.69) is 15.6 Å². The van der Waals surface area contributed by atoms with Crippen molar-refractivity contribution in [3.05, 3.63) is 41.3 Å². The van der Waals surface area contributed by atoms with Crippen molar-refractivity contribution in [3.63, 3.8) is 0 Å². The first-order chi connectivity index (χ1) is 12.1. The number of fused-ring (bicyclic) bond motifs is 3. The molecule has 7 heteroatoms. The third kappa shape index (κ3) is 4.06. The number of rotatable bonds is 4. The number of benzene rings is 1. The molecule has 0 atom stereocenters. The Labute approximate surface area is 145 Å². The summed E-state index contributed by atoms with van der Waals surface area (Å²) in [6, 6.07) is 4.28. The summed E-state index contributed by atoms with van der Waals surface area (Å²) in [4.78, 5) is 27.2. The topological polar surface area (TPSA) is 100 Å². The molecule has 0 radical (unpaired) electrons. The first kappa shape index (κ1) is 18.7. The fraction of sp³-hybridized carbons (Fsp3) is 0.333. The molecule has 0 spiro atoms. The standard InChI is InChI=1S/C16H17FN4O2.C2H6/c17-10-1-2-12-11(8-10)14-9(7-13(22)19-6-4-18)3-5-20-16(23)15(14)21-12;1-2/h1-3,8,21H,4-7,18H2,(H,19,22)(H,20,23);1-2H3. The predicted octanol–water partition coefficient (Wildman–Crippen LogP) is 1.92. The lowest BCUT2D eigenvalue weighted by Gasteiger charge is -2.08. The number of amides is 2. The average Bonchev–Trinajstić information content (AvgIpc) is 2.92. The fourth-order valence-corrected chi connectivity index (χ4v) is 2.73. The van der Waals surface area contributed by atoms with Gasteiger partial charge in [0.1, 0.15) is 11.5 Å². The van der Waals surface area contributed by atoms with E-state index in [1.54, 1.807) is 12.1 Å². The van der Waals surface area contributed by atoms with Crippen molar-refractivity contribution in [2.75, 3.05) is 19.6 Å². The number of halogens is 1. The Morgan fingerprint density at radius 1 is 1.36 bits per heavy atom. The highest BCUT2D eigenvalue weighted by Crippen LogP contribution is 2.32. The van der Waals surface area contributed by atoms with E-state index in [0.29, 0.717) is 47.4 Å². The highest BCUT2D eigenvalue weighted by molar-refractivity contribution is 6.09. The molecular formula is C18H23FN4O2. The number of carbonyl (C=O) groups is 2. The van der Waals surface area contributed by atoms with Gasteiger partial charge in [-0.15, -0.1) is 0 Å². The van der Waals surface area contributed by atoms with E-state index in [0.717, 1.165) is 0 Å². The normalized spacial score (nSPS) is 13.1. The molecule has 2 aromatic rings. The van der Waals surface area contributed by atoms with E-state index in [1.165, 1.54) is 12.1 Å². The third-order valence-corrected chi connectivity index (χ3v) is 3.74. The van der Waals surface area contributed by atoms with Gasteiger partial charge in [-0.05, 0) is 23.8 Å². The number of hydrogen-bond donors (Lipinski definition) is 4. The smallest absolute Gasteiger partial charge is 0.268 e. The van der Waals surface area contributed by atoms with Crippen LogP contribution in [0.3, 0.4) is 0 Å². The lowest BCUT2D eigenvalue weighted by molar-refractivity contribution is -0.120. The van der Waals surface area contributed by atoms with Crippen molar-refractivity contribution in [2.24, 2.45) is 5.73 Å². The Kier molecular flexibility index (Phi) is 6.30. The Balaban J connectivity index is 0.00000109. The molecule has 0 aliphatic carbocycles. The highest BCUT2D eigenvalue weighted by Gasteiger charge is 2.24. The number of H-pyrrole nitrogens is 1. The van der Waals surface area contributed by atoms with Crippen molar-refractivity contribution in [2.45, 2.75) is 20.3 Å². The van der Waals surface area contributed by atoms with E-state index in [4.69, 9.17) is 5.73 Å². The predicted molar refractivity (Wildman–Crippen MR) is 96.6 cm³/mol. The largest absolute Gasteiger partial charge is 0.355 e. The van der Waals surface area contributed by atoms with Gasteiger partial charge >= 0.3 is 0 Å². The van der Waals surface area contributed by atoms with Crippen LogP contribution in [0.5, 0.6) is 0 Å². The van der Waals surface area contributed by atoms with Crippen LogP contribution >= 0.6 is 0 Å². The van der Waals surface area contributed by atoms with Gasteiger partial charge in [0.25, 0.3) is 5.91 Å². The van der Waals surface area contributed by atoms with Crippen LogP contribution in [0.4, 0.5) is 4.39 Å². The van der Waals surface area contributed by atoms with Crippen molar-refractivity contribution in [1.82, 2.24) is 15.6 Å². The molecule has 0 bridgehead atoms. The Morgan fingerprint density at radius 3 is 2.84 bits per heavy atom. The summed E-state index contributed by atoms with van der Waals surface area (Å²) < 4.78 is 13.6. The molecule has 2 amide bonds. The maximum Gasteiger partial charge on any atom is 0.268 e. The summed E-state index contributed by atoms with van der Waals surface area (Å²) in [5.74, 6) is -0.853. The average molecular weight is 346 g/mol. The number of carbonyl (C=O) groups excluding carboxylic acids is 2. The van der Waals surface area contributed by atoms with Gasteiger partial charge in [0.05, 0.1) is 6.42 Å². The second-order valence-electron chi connectivity index (χ2n) is 5.32. The second-order valence-corrected chi connectivity index (χ2v) is 5.32. The lowest BCUT2D eigenvalue weighted by atomic mass is 9.98. The maximum atomic E-state index is 13.6. The minimum absolute atomic E-state index is 0.103. The van der Waals surface area contributed by atoms with Crippen LogP contribution in [-0.4, -0.2) is 36.4 Å².